The van der Waals surface area contributed by atoms with E-state index in [9.17, 15) is 19.7 Å². The van der Waals surface area contributed by atoms with Gasteiger partial charge in [-0.1, -0.05) is 41.4 Å². The molecule has 2 aromatic carbocycles. The molecular weight excluding hydrogens is 635 g/mol. The highest BCUT2D eigenvalue weighted by Crippen LogP contribution is 2.23. The van der Waals surface area contributed by atoms with Gasteiger partial charge in [0, 0.05) is 77.1 Å². The average molecular weight is 670 g/mol. The molecule has 4 rings (SSSR count). The molecule has 14 heteroatoms. The SMILES string of the molecule is COC(=O)[C@@H](Cc1ccccn1)NCc1ccc(Cl)cc1N.COC(=O)[C@@H](Cc1ccccn1)NCc1ccc(Cl)cc1[N+](=O)[O-]. The highest BCUT2D eigenvalue weighted by Gasteiger charge is 2.22. The lowest BCUT2D eigenvalue weighted by Crippen LogP contribution is -2.39. The van der Waals surface area contributed by atoms with Gasteiger partial charge in [-0.15, -0.1) is 0 Å². The van der Waals surface area contributed by atoms with E-state index in [1.807, 2.05) is 30.3 Å². The number of benzene rings is 2. The number of halogens is 2. The maximum Gasteiger partial charge on any atom is 0.323 e. The van der Waals surface area contributed by atoms with Crippen LogP contribution in [0.4, 0.5) is 11.4 Å². The van der Waals surface area contributed by atoms with Crippen molar-refractivity contribution in [2.24, 2.45) is 0 Å². The van der Waals surface area contributed by atoms with E-state index in [-0.39, 0.29) is 23.2 Å². The van der Waals surface area contributed by atoms with Crippen molar-refractivity contribution in [3.05, 3.63) is 128 Å². The molecule has 4 N–H and O–H groups in total. The highest BCUT2D eigenvalue weighted by atomic mass is 35.5. The first-order chi connectivity index (χ1) is 22.1. The number of carbonyl (C=O) groups is 2. The Bertz CT molecular complexity index is 1600. The molecule has 0 amide bonds. The van der Waals surface area contributed by atoms with Gasteiger partial charge in [0.15, 0.2) is 0 Å². The van der Waals surface area contributed by atoms with E-state index in [1.165, 1.54) is 20.3 Å². The van der Waals surface area contributed by atoms with E-state index in [4.69, 9.17) is 38.4 Å². The van der Waals surface area contributed by atoms with Crippen LogP contribution in [0, 0.1) is 10.1 Å². The molecule has 0 aliphatic rings. The van der Waals surface area contributed by atoms with E-state index in [1.54, 1.807) is 48.8 Å². The quantitative estimate of drug-likeness (QED) is 0.0780. The number of ether oxygens (including phenoxy) is 2. The first kappa shape index (κ1) is 35.9. The largest absolute Gasteiger partial charge is 0.468 e. The second-order valence-corrected chi connectivity index (χ2v) is 10.7. The summed E-state index contributed by atoms with van der Waals surface area (Å²) in [4.78, 5) is 42.9. The van der Waals surface area contributed by atoms with E-state index < -0.39 is 23.0 Å². The molecule has 0 aliphatic carbocycles. The molecule has 0 saturated carbocycles. The minimum Gasteiger partial charge on any atom is -0.468 e. The normalized spacial score (nSPS) is 11.8. The molecule has 0 aliphatic heterocycles. The van der Waals surface area contributed by atoms with Gasteiger partial charge in [-0.05, 0) is 54.1 Å². The standard InChI is InChI=1S/C16H16ClN3O4.C16H18ClN3O2/c1-24-16(21)14(9-13-4-2-3-7-18-13)19-10-11-5-6-12(17)8-15(11)20(22)23;1-22-16(21)15(9-13-4-2-3-7-19-13)20-10-11-5-6-12(17)8-14(11)18/h2-8,14,19H,9-10H2,1H3;2-8,15,20H,9-10,18H2,1H3/t14-;15-/m11/s1. The van der Waals surface area contributed by atoms with Crippen LogP contribution in [0.5, 0.6) is 0 Å². The van der Waals surface area contributed by atoms with Crippen LogP contribution in [0.1, 0.15) is 22.5 Å². The lowest BCUT2D eigenvalue weighted by Gasteiger charge is -2.17. The van der Waals surface area contributed by atoms with Crippen molar-refractivity contribution in [1.82, 2.24) is 20.6 Å². The number of nitro benzene ring substituents is 1. The lowest BCUT2D eigenvalue weighted by molar-refractivity contribution is -0.385. The highest BCUT2D eigenvalue weighted by molar-refractivity contribution is 6.31. The Morgan fingerprint density at radius 1 is 0.804 bits per heavy atom. The number of nitrogens with zero attached hydrogens (tertiary/aromatic N) is 3. The number of hydrogen-bond acceptors (Lipinski definition) is 11. The molecule has 0 bridgehead atoms. The maximum atomic E-state index is 11.9. The smallest absolute Gasteiger partial charge is 0.323 e. The van der Waals surface area contributed by atoms with Crippen molar-refractivity contribution < 1.29 is 24.0 Å². The fraction of sp³-hybridized carbons (Fsp3) is 0.250. The number of esters is 2. The molecule has 46 heavy (non-hydrogen) atoms. The van der Waals surface area contributed by atoms with Crippen LogP contribution in [0.3, 0.4) is 0 Å². The molecular formula is C32H34Cl2N6O6. The molecule has 0 unspecified atom stereocenters. The second kappa shape index (κ2) is 18.4. The monoisotopic (exact) mass is 668 g/mol. The summed E-state index contributed by atoms with van der Waals surface area (Å²) < 4.78 is 9.63. The van der Waals surface area contributed by atoms with Crippen LogP contribution in [0.2, 0.25) is 10.0 Å². The Hall–Kier alpha value is -4.62. The maximum absolute atomic E-state index is 11.9. The number of anilines is 1. The Labute approximate surface area is 276 Å². The zero-order chi connectivity index (χ0) is 33.5. The number of methoxy groups -OCH3 is 2. The molecule has 242 valence electrons. The predicted octanol–water partition coefficient (Wildman–Crippen LogP) is 4.71. The van der Waals surface area contributed by atoms with Crippen LogP contribution in [-0.4, -0.2) is 53.1 Å². The average Bonchev–Trinajstić information content (AvgIpc) is 3.06. The first-order valence-electron chi connectivity index (χ1n) is 14.0. The predicted molar refractivity (Wildman–Crippen MR) is 175 cm³/mol. The minimum absolute atomic E-state index is 0.101. The number of aromatic nitrogens is 2. The number of nitrogens with one attached hydrogen (secondary N) is 2. The van der Waals surface area contributed by atoms with Crippen molar-refractivity contribution >= 4 is 46.5 Å². The van der Waals surface area contributed by atoms with Gasteiger partial charge in [-0.25, -0.2) is 0 Å². The molecule has 4 aromatic rings. The van der Waals surface area contributed by atoms with E-state index in [2.05, 4.69) is 20.6 Å². The van der Waals surface area contributed by atoms with E-state index in [0.29, 0.717) is 41.4 Å². The third-order valence-corrected chi connectivity index (χ3v) is 7.15. The molecule has 0 fully saturated rings. The van der Waals surface area contributed by atoms with Crippen molar-refractivity contribution in [3.8, 4) is 0 Å². The van der Waals surface area contributed by atoms with Crippen molar-refractivity contribution in [2.75, 3.05) is 20.0 Å². The van der Waals surface area contributed by atoms with Crippen LogP contribution in [0.15, 0.2) is 85.2 Å². The Kier molecular flexibility index (Phi) is 14.3. The topological polar surface area (TPSA) is 172 Å². The van der Waals surface area contributed by atoms with Crippen molar-refractivity contribution in [3.63, 3.8) is 0 Å². The summed E-state index contributed by atoms with van der Waals surface area (Å²) in [7, 11) is 2.66. The van der Waals surface area contributed by atoms with Gasteiger partial charge >= 0.3 is 11.9 Å². The molecule has 0 spiro atoms. The Morgan fingerprint density at radius 2 is 1.28 bits per heavy atom. The summed E-state index contributed by atoms with van der Waals surface area (Å²) in [6.07, 6.45) is 4.09. The Morgan fingerprint density at radius 3 is 1.72 bits per heavy atom. The third kappa shape index (κ3) is 11.4. The van der Waals surface area contributed by atoms with Gasteiger partial charge in [0.2, 0.25) is 0 Å². The molecule has 0 radical (unpaired) electrons. The molecule has 12 nitrogen and oxygen atoms in total. The summed E-state index contributed by atoms with van der Waals surface area (Å²) >= 11 is 11.7. The number of nitro groups is 1. The van der Waals surface area contributed by atoms with Gasteiger partial charge < -0.3 is 15.2 Å². The van der Waals surface area contributed by atoms with Crippen molar-refractivity contribution in [2.45, 2.75) is 38.0 Å². The van der Waals surface area contributed by atoms with Gasteiger partial charge in [0.1, 0.15) is 12.1 Å². The first-order valence-corrected chi connectivity index (χ1v) is 14.8. The Balaban J connectivity index is 0.000000251. The van der Waals surface area contributed by atoms with E-state index in [0.717, 1.165) is 11.3 Å². The molecule has 2 aromatic heterocycles. The summed E-state index contributed by atoms with van der Waals surface area (Å²) in [5.74, 6) is -0.796. The second-order valence-electron chi connectivity index (χ2n) is 9.84. The molecule has 2 heterocycles. The minimum atomic E-state index is -0.666. The lowest BCUT2D eigenvalue weighted by atomic mass is 10.1. The van der Waals surface area contributed by atoms with Crippen LogP contribution < -0.4 is 16.4 Å². The van der Waals surface area contributed by atoms with Crippen molar-refractivity contribution in [1.29, 1.82) is 0 Å². The van der Waals surface area contributed by atoms with Gasteiger partial charge in [0.25, 0.3) is 5.69 Å². The number of nitrogens with two attached hydrogens (primary N) is 1. The zero-order valence-corrected chi connectivity index (χ0v) is 26.7. The fourth-order valence-corrected chi connectivity index (χ4v) is 4.61. The van der Waals surface area contributed by atoms with E-state index >= 15 is 0 Å². The number of nitrogen functional groups attached to an aromatic ring is 1. The summed E-state index contributed by atoms with van der Waals surface area (Å²) in [5.41, 5.74) is 9.23. The molecule has 2 atom stereocenters. The number of rotatable bonds is 13. The van der Waals surface area contributed by atoms with Gasteiger partial charge in [-0.2, -0.15) is 0 Å². The van der Waals surface area contributed by atoms with Crippen LogP contribution in [0.25, 0.3) is 0 Å². The van der Waals surface area contributed by atoms with Gasteiger partial charge in [0.05, 0.1) is 19.1 Å². The zero-order valence-electron chi connectivity index (χ0n) is 25.2. The summed E-state index contributed by atoms with van der Waals surface area (Å²) in [6, 6.07) is 19.5. The number of pyridine rings is 2. The number of carbonyl (C=O) groups excluding carboxylic acids is 2. The van der Waals surface area contributed by atoms with Gasteiger partial charge in [-0.3, -0.25) is 40.3 Å². The van der Waals surface area contributed by atoms with Crippen LogP contribution in [-0.2, 0) is 45.0 Å². The summed E-state index contributed by atoms with van der Waals surface area (Å²) in [5, 5.41) is 18.1. The fourth-order valence-electron chi connectivity index (χ4n) is 4.27. The number of hydrogen-bond donors (Lipinski definition) is 3. The van der Waals surface area contributed by atoms with Crippen LogP contribution >= 0.6 is 23.2 Å². The summed E-state index contributed by atoms with van der Waals surface area (Å²) in [6.45, 7) is 0.565. The third-order valence-electron chi connectivity index (χ3n) is 6.68. The molecule has 0 saturated heterocycles.